The summed E-state index contributed by atoms with van der Waals surface area (Å²) in [6.45, 7) is 5.44. The average molecular weight is 511 g/mol. The Bertz CT molecular complexity index is 1060. The standard InChI is InChI=1S/C22H24Cl2N4O4S/c1-12-4-6-16(10-13(12)2)25-19(29)8-9-20(30)27-28-22(33)26-21(31)14(3)32-18-7-5-15(23)11-17(18)24/h4-7,10-11,14H,8-9H2,1-3H3,(H,25,29)(H,27,30)(H2,26,28,31,33). The third kappa shape index (κ3) is 8.88. The summed E-state index contributed by atoms with van der Waals surface area (Å²) in [5.74, 6) is -1.04. The van der Waals surface area contributed by atoms with E-state index >= 15 is 0 Å². The maximum absolute atomic E-state index is 12.2. The first-order valence-corrected chi connectivity index (χ1v) is 11.1. The van der Waals surface area contributed by atoms with Crippen LogP contribution in [0.3, 0.4) is 0 Å². The van der Waals surface area contributed by atoms with Gasteiger partial charge in [-0.1, -0.05) is 29.3 Å². The number of ether oxygens (including phenoxy) is 1. The fourth-order valence-corrected chi connectivity index (χ4v) is 3.12. The number of carbonyl (C=O) groups is 3. The molecule has 0 saturated carbocycles. The molecule has 1 atom stereocenters. The highest BCUT2D eigenvalue weighted by atomic mass is 35.5. The second kappa shape index (κ2) is 12.4. The molecule has 1 unspecified atom stereocenters. The predicted molar refractivity (Wildman–Crippen MR) is 132 cm³/mol. The average Bonchev–Trinajstić information content (AvgIpc) is 2.75. The first-order valence-electron chi connectivity index (χ1n) is 9.93. The molecule has 0 spiro atoms. The van der Waals surface area contributed by atoms with Crippen molar-refractivity contribution in [2.75, 3.05) is 5.32 Å². The lowest BCUT2D eigenvalue weighted by Gasteiger charge is -2.16. The van der Waals surface area contributed by atoms with Crippen LogP contribution in [0.4, 0.5) is 5.69 Å². The van der Waals surface area contributed by atoms with E-state index in [-0.39, 0.29) is 34.6 Å². The summed E-state index contributed by atoms with van der Waals surface area (Å²) >= 11 is 16.8. The second-order valence-corrected chi connectivity index (χ2v) is 8.43. The molecule has 11 heteroatoms. The van der Waals surface area contributed by atoms with Crippen LogP contribution in [0, 0.1) is 13.8 Å². The number of thiocarbonyl (C=S) groups is 1. The van der Waals surface area contributed by atoms with E-state index in [9.17, 15) is 14.4 Å². The molecule has 2 rings (SSSR count). The van der Waals surface area contributed by atoms with Gasteiger partial charge in [0.1, 0.15) is 5.75 Å². The first-order chi connectivity index (χ1) is 15.5. The zero-order chi connectivity index (χ0) is 24.5. The van der Waals surface area contributed by atoms with Crippen LogP contribution in [0.15, 0.2) is 36.4 Å². The lowest BCUT2D eigenvalue weighted by molar-refractivity contribution is -0.126. The zero-order valence-electron chi connectivity index (χ0n) is 18.3. The van der Waals surface area contributed by atoms with Crippen LogP contribution in [-0.2, 0) is 14.4 Å². The molecule has 0 saturated heterocycles. The van der Waals surface area contributed by atoms with Crippen molar-refractivity contribution in [3.05, 3.63) is 57.6 Å². The molecule has 33 heavy (non-hydrogen) atoms. The molecule has 0 bridgehead atoms. The van der Waals surface area contributed by atoms with E-state index < -0.39 is 17.9 Å². The Hall–Kier alpha value is -2.88. The quantitative estimate of drug-likeness (QED) is 0.333. The van der Waals surface area contributed by atoms with E-state index in [1.165, 1.54) is 13.0 Å². The maximum Gasteiger partial charge on any atom is 0.266 e. The van der Waals surface area contributed by atoms with Gasteiger partial charge < -0.3 is 10.1 Å². The van der Waals surface area contributed by atoms with Crippen LogP contribution >= 0.6 is 35.4 Å². The van der Waals surface area contributed by atoms with Crippen molar-refractivity contribution in [2.24, 2.45) is 0 Å². The second-order valence-electron chi connectivity index (χ2n) is 7.17. The first kappa shape index (κ1) is 26.4. The minimum absolute atomic E-state index is 0.0215. The van der Waals surface area contributed by atoms with Gasteiger partial charge in [0.2, 0.25) is 11.8 Å². The number of halogens is 2. The highest BCUT2D eigenvalue weighted by Crippen LogP contribution is 2.28. The lowest BCUT2D eigenvalue weighted by Crippen LogP contribution is -2.51. The monoisotopic (exact) mass is 510 g/mol. The molecular formula is C22H24Cl2N4O4S. The number of carbonyl (C=O) groups excluding carboxylic acids is 3. The Morgan fingerprint density at radius 1 is 0.970 bits per heavy atom. The Labute approximate surface area is 207 Å². The molecule has 0 radical (unpaired) electrons. The summed E-state index contributed by atoms with van der Waals surface area (Å²) < 4.78 is 5.49. The van der Waals surface area contributed by atoms with Crippen LogP contribution in [0.25, 0.3) is 0 Å². The van der Waals surface area contributed by atoms with Crippen LogP contribution in [0.1, 0.15) is 30.9 Å². The van der Waals surface area contributed by atoms with Gasteiger partial charge in [0, 0.05) is 23.6 Å². The van der Waals surface area contributed by atoms with Gasteiger partial charge in [-0.2, -0.15) is 0 Å². The van der Waals surface area contributed by atoms with E-state index in [1.54, 1.807) is 18.2 Å². The smallest absolute Gasteiger partial charge is 0.266 e. The zero-order valence-corrected chi connectivity index (χ0v) is 20.6. The minimum Gasteiger partial charge on any atom is -0.479 e. The molecule has 176 valence electrons. The Balaban J connectivity index is 1.70. The van der Waals surface area contributed by atoms with Crippen LogP contribution in [0.2, 0.25) is 10.0 Å². The van der Waals surface area contributed by atoms with Gasteiger partial charge in [-0.05, 0) is 74.4 Å². The van der Waals surface area contributed by atoms with Crippen molar-refractivity contribution in [1.82, 2.24) is 16.2 Å². The Kier molecular flexibility index (Phi) is 9.90. The van der Waals surface area contributed by atoms with Gasteiger partial charge in [0.15, 0.2) is 11.2 Å². The molecule has 0 aromatic heterocycles. The minimum atomic E-state index is -0.923. The summed E-state index contributed by atoms with van der Waals surface area (Å²) in [7, 11) is 0. The maximum atomic E-state index is 12.2. The summed E-state index contributed by atoms with van der Waals surface area (Å²) in [6.07, 6.45) is -1.02. The molecule has 2 aromatic carbocycles. The van der Waals surface area contributed by atoms with E-state index in [0.29, 0.717) is 10.7 Å². The number of hydrazine groups is 1. The lowest BCUT2D eigenvalue weighted by atomic mass is 10.1. The van der Waals surface area contributed by atoms with Crippen molar-refractivity contribution in [1.29, 1.82) is 0 Å². The van der Waals surface area contributed by atoms with Gasteiger partial charge >= 0.3 is 0 Å². The number of hydrogen-bond acceptors (Lipinski definition) is 5. The van der Waals surface area contributed by atoms with Gasteiger partial charge in [-0.15, -0.1) is 0 Å². The molecule has 4 N–H and O–H groups in total. The molecule has 3 amide bonds. The molecule has 0 heterocycles. The highest BCUT2D eigenvalue weighted by Gasteiger charge is 2.18. The van der Waals surface area contributed by atoms with E-state index in [1.807, 2.05) is 26.0 Å². The summed E-state index contributed by atoms with van der Waals surface area (Å²) in [4.78, 5) is 36.2. The van der Waals surface area contributed by atoms with Crippen molar-refractivity contribution in [3.8, 4) is 5.75 Å². The topological polar surface area (TPSA) is 109 Å². The number of hydrogen-bond donors (Lipinski definition) is 4. The largest absolute Gasteiger partial charge is 0.479 e. The third-order valence-corrected chi connectivity index (χ3v) is 5.22. The van der Waals surface area contributed by atoms with Crippen molar-refractivity contribution >= 4 is 63.9 Å². The molecule has 0 aliphatic rings. The fraction of sp³-hybridized carbons (Fsp3) is 0.273. The van der Waals surface area contributed by atoms with Gasteiger partial charge in [0.05, 0.1) is 5.02 Å². The summed E-state index contributed by atoms with van der Waals surface area (Å²) in [6, 6.07) is 10.2. The predicted octanol–water partition coefficient (Wildman–Crippen LogP) is 3.82. The Morgan fingerprint density at radius 2 is 1.67 bits per heavy atom. The van der Waals surface area contributed by atoms with Gasteiger partial charge in [-0.25, -0.2) is 0 Å². The molecule has 0 aliphatic carbocycles. The van der Waals surface area contributed by atoms with Crippen LogP contribution in [-0.4, -0.2) is 28.9 Å². The van der Waals surface area contributed by atoms with Crippen molar-refractivity contribution in [2.45, 2.75) is 39.7 Å². The van der Waals surface area contributed by atoms with E-state index in [2.05, 4.69) is 21.5 Å². The number of rotatable bonds is 7. The highest BCUT2D eigenvalue weighted by molar-refractivity contribution is 7.80. The number of aryl methyl sites for hydroxylation is 2. The molecule has 0 fully saturated rings. The number of amides is 3. The van der Waals surface area contributed by atoms with E-state index in [0.717, 1.165) is 11.1 Å². The van der Waals surface area contributed by atoms with E-state index in [4.69, 9.17) is 40.2 Å². The molecule has 0 aliphatic heterocycles. The van der Waals surface area contributed by atoms with Crippen molar-refractivity contribution in [3.63, 3.8) is 0 Å². The Morgan fingerprint density at radius 3 is 2.33 bits per heavy atom. The fourth-order valence-electron chi connectivity index (χ4n) is 2.52. The van der Waals surface area contributed by atoms with Crippen LogP contribution in [0.5, 0.6) is 5.75 Å². The molecular weight excluding hydrogens is 487 g/mol. The third-order valence-electron chi connectivity index (χ3n) is 4.49. The number of anilines is 1. The van der Waals surface area contributed by atoms with Crippen LogP contribution < -0.4 is 26.2 Å². The van der Waals surface area contributed by atoms with Gasteiger partial charge in [-0.3, -0.25) is 30.6 Å². The molecule has 8 nitrogen and oxygen atoms in total. The number of nitrogens with one attached hydrogen (secondary N) is 4. The number of benzene rings is 2. The summed E-state index contributed by atoms with van der Waals surface area (Å²) in [5, 5.41) is 5.69. The van der Waals surface area contributed by atoms with Crippen molar-refractivity contribution < 1.29 is 19.1 Å². The van der Waals surface area contributed by atoms with Gasteiger partial charge in [0.25, 0.3) is 5.91 Å². The normalized spacial score (nSPS) is 11.2. The summed E-state index contributed by atoms with van der Waals surface area (Å²) in [5.41, 5.74) is 7.58. The SMILES string of the molecule is Cc1ccc(NC(=O)CCC(=O)NNC(=S)NC(=O)C(C)Oc2ccc(Cl)cc2Cl)cc1C. The molecule has 2 aromatic rings.